The Hall–Kier alpha value is -3.51. The number of esters is 1. The Labute approximate surface area is 148 Å². The number of amides is 1. The maximum absolute atomic E-state index is 12.4. The van der Waals surface area contributed by atoms with Gasteiger partial charge in [-0.1, -0.05) is 18.2 Å². The van der Waals surface area contributed by atoms with E-state index in [9.17, 15) is 9.59 Å². The van der Waals surface area contributed by atoms with Crippen molar-refractivity contribution in [1.29, 1.82) is 0 Å². The lowest BCUT2D eigenvalue weighted by Gasteiger charge is -2.06. The number of anilines is 1. The highest BCUT2D eigenvalue weighted by molar-refractivity contribution is 6.35. The number of aromatic nitrogens is 1. The minimum atomic E-state index is -0.757. The fraction of sp³-hybridized carbons (Fsp3) is 0.0500. The molecule has 2 heterocycles. The van der Waals surface area contributed by atoms with Gasteiger partial charge in [0.1, 0.15) is 12.4 Å². The second-order valence-corrected chi connectivity index (χ2v) is 5.77. The highest BCUT2D eigenvalue weighted by atomic mass is 16.5. The zero-order valence-corrected chi connectivity index (χ0v) is 13.6. The number of nitrogens with one attached hydrogen (secondary N) is 1. The molecule has 1 aliphatic heterocycles. The summed E-state index contributed by atoms with van der Waals surface area (Å²) in [7, 11) is 0. The molecule has 1 aliphatic rings. The molecule has 1 aromatic heterocycles. The Bertz CT molecular complexity index is 1070. The molecule has 0 bridgehead atoms. The van der Waals surface area contributed by atoms with Crippen molar-refractivity contribution in [2.75, 3.05) is 11.9 Å². The topological polar surface area (TPSA) is 88.5 Å². The molecule has 1 amide bonds. The lowest BCUT2D eigenvalue weighted by molar-refractivity contribution is -0.137. The van der Waals surface area contributed by atoms with Crippen LogP contribution in [0.15, 0.2) is 54.7 Å². The van der Waals surface area contributed by atoms with Crippen LogP contribution in [0.5, 0.6) is 5.75 Å². The number of para-hydroxylation sites is 1. The highest BCUT2D eigenvalue weighted by Gasteiger charge is 2.25. The fourth-order valence-electron chi connectivity index (χ4n) is 2.94. The normalized spacial score (nSPS) is 14.3. The van der Waals surface area contributed by atoms with Crippen LogP contribution in [0.2, 0.25) is 0 Å². The zero-order valence-electron chi connectivity index (χ0n) is 13.6. The van der Waals surface area contributed by atoms with Crippen molar-refractivity contribution >= 4 is 40.1 Å². The Morgan fingerprint density at radius 3 is 2.88 bits per heavy atom. The van der Waals surface area contributed by atoms with Gasteiger partial charge in [0.2, 0.25) is 0 Å². The summed E-state index contributed by atoms with van der Waals surface area (Å²) in [5.74, 6) is -0.718. The number of rotatable bonds is 3. The molecule has 2 aromatic carbocycles. The molecular weight excluding hydrogens is 332 g/mol. The lowest BCUT2D eigenvalue weighted by Crippen LogP contribution is -2.12. The van der Waals surface area contributed by atoms with Gasteiger partial charge in [-0.05, 0) is 42.0 Å². The van der Waals surface area contributed by atoms with Crippen LogP contribution in [-0.2, 0) is 9.59 Å². The molecule has 0 unspecified atom stereocenters. The Morgan fingerprint density at radius 2 is 2.04 bits per heavy atom. The fourth-order valence-corrected chi connectivity index (χ4v) is 2.94. The summed E-state index contributed by atoms with van der Waals surface area (Å²) in [5.41, 5.74) is 3.46. The van der Waals surface area contributed by atoms with Gasteiger partial charge in [-0.2, -0.15) is 0 Å². The quantitative estimate of drug-likeness (QED) is 0.432. The van der Waals surface area contributed by atoms with Crippen molar-refractivity contribution in [3.8, 4) is 5.75 Å². The molecule has 0 spiro atoms. The maximum Gasteiger partial charge on any atom is 0.337 e. The molecular formula is C20H14N2O4. The standard InChI is InChI=1S/C20H14N2O4/c23-11-19(24)26-13-5-6-18-15(10-13)16(20(25)22-18)9-12-7-8-21-17-4-2-1-3-14(12)17/h1-10,23H,11H2,(H,22,25). The second kappa shape index (κ2) is 6.42. The minimum absolute atomic E-state index is 0.230. The van der Waals surface area contributed by atoms with E-state index in [1.54, 1.807) is 30.5 Å². The van der Waals surface area contributed by atoms with Crippen molar-refractivity contribution in [1.82, 2.24) is 4.98 Å². The molecule has 0 radical (unpaired) electrons. The van der Waals surface area contributed by atoms with Crippen LogP contribution in [0, 0.1) is 0 Å². The third-order valence-electron chi connectivity index (χ3n) is 4.12. The SMILES string of the molecule is O=C(CO)Oc1ccc2c(c1)C(=Cc1ccnc3ccccc13)C(=O)N2. The second-order valence-electron chi connectivity index (χ2n) is 5.77. The van der Waals surface area contributed by atoms with Gasteiger partial charge in [-0.15, -0.1) is 0 Å². The third kappa shape index (κ3) is 2.82. The lowest BCUT2D eigenvalue weighted by atomic mass is 10.0. The molecule has 26 heavy (non-hydrogen) atoms. The summed E-state index contributed by atoms with van der Waals surface area (Å²) in [4.78, 5) is 28.0. The van der Waals surface area contributed by atoms with Crippen LogP contribution in [-0.4, -0.2) is 28.6 Å². The van der Waals surface area contributed by atoms with Gasteiger partial charge in [0.15, 0.2) is 0 Å². The summed E-state index contributed by atoms with van der Waals surface area (Å²) >= 11 is 0. The van der Waals surface area contributed by atoms with Gasteiger partial charge < -0.3 is 15.2 Å². The van der Waals surface area contributed by atoms with Crippen molar-refractivity contribution in [2.24, 2.45) is 0 Å². The first-order chi connectivity index (χ1) is 12.7. The van der Waals surface area contributed by atoms with E-state index in [0.29, 0.717) is 16.8 Å². The molecule has 6 heteroatoms. The molecule has 2 N–H and O–H groups in total. The Morgan fingerprint density at radius 1 is 1.19 bits per heavy atom. The van der Waals surface area contributed by atoms with E-state index in [1.807, 2.05) is 30.3 Å². The van der Waals surface area contributed by atoms with E-state index in [-0.39, 0.29) is 11.7 Å². The van der Waals surface area contributed by atoms with Crippen LogP contribution in [0.4, 0.5) is 5.69 Å². The summed E-state index contributed by atoms with van der Waals surface area (Å²) in [6, 6.07) is 14.4. The first kappa shape index (κ1) is 16.0. The molecule has 4 rings (SSSR count). The van der Waals surface area contributed by atoms with Crippen LogP contribution < -0.4 is 10.1 Å². The highest BCUT2D eigenvalue weighted by Crippen LogP contribution is 2.36. The maximum atomic E-state index is 12.4. The summed E-state index contributed by atoms with van der Waals surface area (Å²) in [6.45, 7) is -0.708. The van der Waals surface area contributed by atoms with Crippen molar-refractivity contribution in [2.45, 2.75) is 0 Å². The zero-order chi connectivity index (χ0) is 18.1. The number of hydrogen-bond acceptors (Lipinski definition) is 5. The molecule has 3 aromatic rings. The van der Waals surface area contributed by atoms with E-state index >= 15 is 0 Å². The van der Waals surface area contributed by atoms with Gasteiger partial charge in [0.05, 0.1) is 5.52 Å². The minimum Gasteiger partial charge on any atom is -0.425 e. The number of hydrogen-bond donors (Lipinski definition) is 2. The smallest absolute Gasteiger partial charge is 0.337 e. The number of aliphatic hydroxyl groups excluding tert-OH is 1. The van der Waals surface area contributed by atoms with E-state index in [1.165, 1.54) is 0 Å². The molecule has 6 nitrogen and oxygen atoms in total. The number of ether oxygens (including phenoxy) is 1. The van der Waals surface area contributed by atoms with E-state index in [2.05, 4.69) is 10.3 Å². The number of carbonyl (C=O) groups excluding carboxylic acids is 2. The summed E-state index contributed by atoms with van der Waals surface area (Å²) in [6.07, 6.45) is 3.49. The summed E-state index contributed by atoms with van der Waals surface area (Å²) < 4.78 is 5.03. The van der Waals surface area contributed by atoms with Gasteiger partial charge >= 0.3 is 5.97 Å². The molecule has 0 saturated carbocycles. The van der Waals surface area contributed by atoms with Crippen LogP contribution >= 0.6 is 0 Å². The Kier molecular flexibility index (Phi) is 3.95. The Balaban J connectivity index is 1.80. The molecule has 128 valence electrons. The summed E-state index contributed by atoms with van der Waals surface area (Å²) in [5, 5.41) is 12.6. The van der Waals surface area contributed by atoms with E-state index < -0.39 is 12.6 Å². The number of pyridine rings is 1. The van der Waals surface area contributed by atoms with Crippen molar-refractivity contribution in [3.05, 3.63) is 65.9 Å². The van der Waals surface area contributed by atoms with Crippen LogP contribution in [0.3, 0.4) is 0 Å². The monoisotopic (exact) mass is 346 g/mol. The van der Waals surface area contributed by atoms with Gasteiger partial charge in [-0.25, -0.2) is 4.79 Å². The number of aliphatic hydroxyl groups is 1. The number of benzene rings is 2. The van der Waals surface area contributed by atoms with Crippen LogP contribution in [0.25, 0.3) is 22.6 Å². The van der Waals surface area contributed by atoms with Gasteiger partial charge in [0, 0.05) is 28.4 Å². The number of carbonyl (C=O) groups is 2. The first-order valence-electron chi connectivity index (χ1n) is 7.98. The third-order valence-corrected chi connectivity index (χ3v) is 4.12. The average Bonchev–Trinajstić information content (AvgIpc) is 2.97. The molecule has 0 saturated heterocycles. The predicted octanol–water partition coefficient (Wildman–Crippen LogP) is 2.63. The van der Waals surface area contributed by atoms with Crippen LogP contribution in [0.1, 0.15) is 11.1 Å². The largest absolute Gasteiger partial charge is 0.425 e. The molecule has 0 fully saturated rings. The number of nitrogens with zero attached hydrogens (tertiary/aromatic N) is 1. The average molecular weight is 346 g/mol. The molecule has 0 atom stereocenters. The van der Waals surface area contributed by atoms with Gasteiger partial charge in [0.25, 0.3) is 5.91 Å². The molecule has 0 aliphatic carbocycles. The van der Waals surface area contributed by atoms with Crippen molar-refractivity contribution < 1.29 is 19.4 Å². The van der Waals surface area contributed by atoms with E-state index in [0.717, 1.165) is 16.5 Å². The first-order valence-corrected chi connectivity index (χ1v) is 7.98. The van der Waals surface area contributed by atoms with Crippen molar-refractivity contribution in [3.63, 3.8) is 0 Å². The van der Waals surface area contributed by atoms with Gasteiger partial charge in [-0.3, -0.25) is 9.78 Å². The predicted molar refractivity (Wildman–Crippen MR) is 97.4 cm³/mol. The number of fused-ring (bicyclic) bond motifs is 2. The van der Waals surface area contributed by atoms with E-state index in [4.69, 9.17) is 9.84 Å².